The van der Waals surface area contributed by atoms with E-state index in [0.717, 1.165) is 31.2 Å². The minimum atomic E-state index is -0.111. The average molecular weight is 233 g/mol. The van der Waals surface area contributed by atoms with Gasteiger partial charge in [0.2, 0.25) is 0 Å². The normalized spacial score (nSPS) is 10.2. The van der Waals surface area contributed by atoms with Gasteiger partial charge in [-0.3, -0.25) is 4.79 Å². The summed E-state index contributed by atoms with van der Waals surface area (Å²) in [5.41, 5.74) is 2.34. The molecule has 0 spiro atoms. The van der Waals surface area contributed by atoms with Crippen molar-refractivity contribution in [1.29, 1.82) is 0 Å². The summed E-state index contributed by atoms with van der Waals surface area (Å²) in [6, 6.07) is 8.16. The fraction of sp³-hybridized carbons (Fsp3) is 0.467. The van der Waals surface area contributed by atoms with E-state index in [9.17, 15) is 4.79 Å². The zero-order valence-electron chi connectivity index (χ0n) is 10.6. The predicted molar refractivity (Wildman–Crippen MR) is 69.4 cm³/mol. The minimum absolute atomic E-state index is 0.111. The number of esters is 1. The molecule has 2 nitrogen and oxygen atoms in total. The van der Waals surface area contributed by atoms with Crippen molar-refractivity contribution >= 4 is 5.97 Å². The first-order chi connectivity index (χ1) is 8.26. The average Bonchev–Trinajstić information content (AvgIpc) is 2.37. The number of carbonyl (C=O) groups excluding carboxylic acids is 1. The third kappa shape index (κ3) is 5.53. The summed E-state index contributed by atoms with van der Waals surface area (Å²) in [5, 5.41) is 0. The second-order valence-corrected chi connectivity index (χ2v) is 4.14. The highest BCUT2D eigenvalue weighted by molar-refractivity contribution is 5.69. The smallest absolute Gasteiger partial charge is 0.306 e. The molecule has 1 rings (SSSR count). The van der Waals surface area contributed by atoms with E-state index >= 15 is 0 Å². The maximum Gasteiger partial charge on any atom is 0.306 e. The molecule has 1 radical (unpaired) electrons. The Labute approximate surface area is 104 Å². The number of benzene rings is 1. The Hall–Kier alpha value is -1.31. The molecule has 0 N–H and O–H groups in total. The number of ether oxygens (including phenoxy) is 1. The third-order valence-corrected chi connectivity index (χ3v) is 2.68. The van der Waals surface area contributed by atoms with Crippen LogP contribution in [-0.4, -0.2) is 5.97 Å². The Kier molecular flexibility index (Phi) is 6.38. The summed E-state index contributed by atoms with van der Waals surface area (Å²) in [7, 11) is 0. The van der Waals surface area contributed by atoms with Crippen molar-refractivity contribution in [3.8, 4) is 0 Å². The molecule has 0 aliphatic heterocycles. The SMILES string of the molecule is [CH2]CCCCC(=O)OCc1cccc(CC)c1. The van der Waals surface area contributed by atoms with Gasteiger partial charge in [-0.1, -0.05) is 51.0 Å². The second kappa shape index (κ2) is 7.88. The van der Waals surface area contributed by atoms with Crippen LogP contribution in [0.5, 0.6) is 0 Å². The molecule has 0 atom stereocenters. The molecule has 0 unspecified atom stereocenters. The molecule has 93 valence electrons. The zero-order valence-corrected chi connectivity index (χ0v) is 10.6. The van der Waals surface area contributed by atoms with Gasteiger partial charge in [-0.2, -0.15) is 0 Å². The van der Waals surface area contributed by atoms with E-state index in [1.807, 2.05) is 12.1 Å². The van der Waals surface area contributed by atoms with Gasteiger partial charge in [-0.05, 0) is 24.0 Å². The topological polar surface area (TPSA) is 26.3 Å². The zero-order chi connectivity index (χ0) is 12.5. The van der Waals surface area contributed by atoms with Crippen molar-refractivity contribution in [3.05, 3.63) is 42.3 Å². The third-order valence-electron chi connectivity index (χ3n) is 2.68. The maximum atomic E-state index is 11.4. The van der Waals surface area contributed by atoms with E-state index < -0.39 is 0 Å². The largest absolute Gasteiger partial charge is 0.461 e. The molecule has 0 amide bonds. The van der Waals surface area contributed by atoms with Crippen molar-refractivity contribution in [2.75, 3.05) is 0 Å². The first-order valence-electron chi connectivity index (χ1n) is 6.29. The van der Waals surface area contributed by atoms with Crippen LogP contribution in [0.4, 0.5) is 0 Å². The van der Waals surface area contributed by atoms with Crippen LogP contribution in [0.3, 0.4) is 0 Å². The molecule has 0 aliphatic carbocycles. The quantitative estimate of drug-likeness (QED) is 0.530. The second-order valence-electron chi connectivity index (χ2n) is 4.14. The number of aryl methyl sites for hydroxylation is 1. The van der Waals surface area contributed by atoms with Gasteiger partial charge in [-0.15, -0.1) is 0 Å². The number of rotatable bonds is 7. The van der Waals surface area contributed by atoms with Crippen molar-refractivity contribution in [2.24, 2.45) is 0 Å². The summed E-state index contributed by atoms with van der Waals surface area (Å²) < 4.78 is 5.21. The van der Waals surface area contributed by atoms with Gasteiger partial charge in [0.1, 0.15) is 6.61 Å². The molecule has 2 heteroatoms. The lowest BCUT2D eigenvalue weighted by atomic mass is 10.1. The fourth-order valence-electron chi connectivity index (χ4n) is 1.62. The molecular formula is C15H21O2. The maximum absolute atomic E-state index is 11.4. The van der Waals surface area contributed by atoms with Crippen molar-refractivity contribution in [3.63, 3.8) is 0 Å². The Morgan fingerprint density at radius 1 is 1.29 bits per heavy atom. The Bertz CT molecular complexity index is 345. The Morgan fingerprint density at radius 2 is 2.06 bits per heavy atom. The first-order valence-corrected chi connectivity index (χ1v) is 6.29. The molecule has 0 bridgehead atoms. The number of hydrogen-bond acceptors (Lipinski definition) is 2. The molecular weight excluding hydrogens is 212 g/mol. The van der Waals surface area contributed by atoms with Crippen LogP contribution in [0.2, 0.25) is 0 Å². The molecule has 0 saturated heterocycles. The van der Waals surface area contributed by atoms with Gasteiger partial charge >= 0.3 is 5.97 Å². The van der Waals surface area contributed by atoms with Crippen molar-refractivity contribution in [2.45, 2.75) is 45.6 Å². The summed E-state index contributed by atoms with van der Waals surface area (Å²) in [5.74, 6) is -0.111. The van der Waals surface area contributed by atoms with Crippen LogP contribution in [0.15, 0.2) is 24.3 Å². The van der Waals surface area contributed by atoms with E-state index in [4.69, 9.17) is 4.74 Å². The standard InChI is InChI=1S/C15H21O2/c1-3-5-6-10-15(16)17-12-14-9-7-8-13(4-2)11-14/h7-9,11H,1,3-6,10,12H2,2H3. The molecule has 0 saturated carbocycles. The van der Waals surface area contributed by atoms with E-state index in [2.05, 4.69) is 26.0 Å². The molecule has 0 heterocycles. The predicted octanol–water partition coefficient (Wildman–Crippen LogP) is 3.69. The van der Waals surface area contributed by atoms with E-state index in [1.54, 1.807) is 0 Å². The lowest BCUT2D eigenvalue weighted by Crippen LogP contribution is -2.04. The lowest BCUT2D eigenvalue weighted by Gasteiger charge is -2.06. The van der Waals surface area contributed by atoms with Crippen LogP contribution in [0, 0.1) is 6.92 Å². The van der Waals surface area contributed by atoms with Gasteiger partial charge < -0.3 is 4.74 Å². The Morgan fingerprint density at radius 3 is 2.76 bits per heavy atom. The van der Waals surface area contributed by atoms with Crippen molar-refractivity contribution < 1.29 is 9.53 Å². The number of hydrogen-bond donors (Lipinski definition) is 0. The van der Waals surface area contributed by atoms with Gasteiger partial charge in [0, 0.05) is 6.42 Å². The summed E-state index contributed by atoms with van der Waals surface area (Å²) in [6.07, 6.45) is 4.25. The fourth-order valence-corrected chi connectivity index (χ4v) is 1.62. The van der Waals surface area contributed by atoms with Crippen LogP contribution in [0.25, 0.3) is 0 Å². The highest BCUT2D eigenvalue weighted by Gasteiger charge is 2.03. The minimum Gasteiger partial charge on any atom is -0.461 e. The van der Waals surface area contributed by atoms with Crippen LogP contribution in [-0.2, 0) is 22.6 Å². The van der Waals surface area contributed by atoms with E-state index in [1.165, 1.54) is 5.56 Å². The monoisotopic (exact) mass is 233 g/mol. The summed E-state index contributed by atoms with van der Waals surface area (Å²) in [4.78, 5) is 11.4. The first kappa shape index (κ1) is 13.8. The molecule has 1 aromatic carbocycles. The van der Waals surface area contributed by atoms with Gasteiger partial charge in [0.25, 0.3) is 0 Å². The highest BCUT2D eigenvalue weighted by Crippen LogP contribution is 2.08. The van der Waals surface area contributed by atoms with Gasteiger partial charge in [0.15, 0.2) is 0 Å². The highest BCUT2D eigenvalue weighted by atomic mass is 16.5. The van der Waals surface area contributed by atoms with Gasteiger partial charge in [-0.25, -0.2) is 0 Å². The molecule has 0 aromatic heterocycles. The molecule has 17 heavy (non-hydrogen) atoms. The van der Waals surface area contributed by atoms with Crippen LogP contribution < -0.4 is 0 Å². The van der Waals surface area contributed by atoms with E-state index in [0.29, 0.717) is 13.0 Å². The summed E-state index contributed by atoms with van der Waals surface area (Å²) in [6.45, 7) is 6.24. The molecule has 1 aromatic rings. The van der Waals surface area contributed by atoms with Crippen LogP contribution in [0.1, 0.15) is 43.7 Å². The van der Waals surface area contributed by atoms with E-state index in [-0.39, 0.29) is 5.97 Å². The summed E-state index contributed by atoms with van der Waals surface area (Å²) >= 11 is 0. The lowest BCUT2D eigenvalue weighted by molar-refractivity contribution is -0.145. The number of unbranched alkanes of at least 4 members (excludes halogenated alkanes) is 2. The Balaban J connectivity index is 2.31. The molecule has 0 aliphatic rings. The number of carbonyl (C=O) groups is 1. The van der Waals surface area contributed by atoms with Gasteiger partial charge in [0.05, 0.1) is 0 Å². The van der Waals surface area contributed by atoms with Crippen molar-refractivity contribution in [1.82, 2.24) is 0 Å². The van der Waals surface area contributed by atoms with Crippen LogP contribution >= 0.6 is 0 Å². The molecule has 0 fully saturated rings.